The Hall–Kier alpha value is -2.87. The predicted molar refractivity (Wildman–Crippen MR) is 94.5 cm³/mol. The number of likely N-dealkylation sites (N-methyl/N-ethyl adjacent to an activating group) is 1. The van der Waals surface area contributed by atoms with Gasteiger partial charge in [0, 0.05) is 35.8 Å². The van der Waals surface area contributed by atoms with Crippen LogP contribution in [0.1, 0.15) is 11.1 Å². The Kier molecular flexibility index (Phi) is 3.01. The summed E-state index contributed by atoms with van der Waals surface area (Å²) in [6.45, 7) is 0. The fourth-order valence-corrected chi connectivity index (χ4v) is 2.87. The molecule has 0 saturated heterocycles. The van der Waals surface area contributed by atoms with Crippen LogP contribution in [0, 0.1) is 0 Å². The molecule has 0 saturated carbocycles. The van der Waals surface area contributed by atoms with Crippen LogP contribution in [0.3, 0.4) is 0 Å². The lowest BCUT2D eigenvalue weighted by molar-refractivity contribution is 1.12. The summed E-state index contributed by atoms with van der Waals surface area (Å²) in [5, 5.41) is 0. The average Bonchev–Trinajstić information content (AvgIpc) is 2.98. The van der Waals surface area contributed by atoms with Gasteiger partial charge in [0.05, 0.1) is 5.69 Å². The van der Waals surface area contributed by atoms with E-state index in [2.05, 4.69) is 77.6 Å². The summed E-state index contributed by atoms with van der Waals surface area (Å²) < 4.78 is 0. The van der Waals surface area contributed by atoms with Crippen LogP contribution < -0.4 is 4.90 Å². The first-order chi connectivity index (χ1) is 10.8. The zero-order valence-electron chi connectivity index (χ0n) is 12.4. The van der Waals surface area contributed by atoms with E-state index in [9.17, 15) is 0 Å². The highest BCUT2D eigenvalue weighted by molar-refractivity contribution is 6.16. The van der Waals surface area contributed by atoms with E-state index in [-0.39, 0.29) is 0 Å². The maximum absolute atomic E-state index is 4.45. The number of nitrogens with zero attached hydrogens (tertiary/aromatic N) is 2. The van der Waals surface area contributed by atoms with Gasteiger partial charge in [-0.1, -0.05) is 48.6 Å². The molecule has 0 radical (unpaired) electrons. The molecule has 4 rings (SSSR count). The van der Waals surface area contributed by atoms with Crippen LogP contribution in [-0.4, -0.2) is 13.3 Å². The smallest absolute Gasteiger partial charge is 0.0708 e. The van der Waals surface area contributed by atoms with Crippen LogP contribution in [0.15, 0.2) is 77.4 Å². The zero-order valence-corrected chi connectivity index (χ0v) is 12.4. The molecule has 0 bridgehead atoms. The SMILES string of the molecule is CN1/C(=C\C=C2/C=Nc3ccccc32)C=Cc2ccccc21. The highest BCUT2D eigenvalue weighted by Crippen LogP contribution is 2.32. The number of rotatable bonds is 1. The molecule has 2 nitrogen and oxygen atoms in total. The van der Waals surface area contributed by atoms with Crippen molar-refractivity contribution < 1.29 is 0 Å². The lowest BCUT2D eigenvalue weighted by atomic mass is 10.0. The van der Waals surface area contributed by atoms with Gasteiger partial charge in [-0.25, -0.2) is 0 Å². The fourth-order valence-electron chi connectivity index (χ4n) is 2.87. The van der Waals surface area contributed by atoms with E-state index in [0.717, 1.165) is 11.3 Å². The molecule has 0 fully saturated rings. The minimum Gasteiger partial charge on any atom is -0.344 e. The largest absolute Gasteiger partial charge is 0.344 e. The summed E-state index contributed by atoms with van der Waals surface area (Å²) in [4.78, 5) is 6.66. The first kappa shape index (κ1) is 12.8. The van der Waals surface area contributed by atoms with Crippen molar-refractivity contribution >= 4 is 29.2 Å². The molecule has 2 aliphatic heterocycles. The number of anilines is 1. The second-order valence-corrected chi connectivity index (χ2v) is 5.44. The fraction of sp³-hybridized carbons (Fsp3) is 0.0500. The van der Waals surface area contributed by atoms with Crippen molar-refractivity contribution in [1.29, 1.82) is 0 Å². The number of para-hydroxylation sites is 2. The third kappa shape index (κ3) is 2.09. The van der Waals surface area contributed by atoms with Crippen LogP contribution in [0.4, 0.5) is 11.4 Å². The highest BCUT2D eigenvalue weighted by Gasteiger charge is 2.13. The molecule has 0 aromatic heterocycles. The van der Waals surface area contributed by atoms with E-state index >= 15 is 0 Å². The Balaban J connectivity index is 1.69. The number of hydrogen-bond donors (Lipinski definition) is 0. The van der Waals surface area contributed by atoms with Crippen molar-refractivity contribution in [3.8, 4) is 0 Å². The van der Waals surface area contributed by atoms with Gasteiger partial charge in [-0.3, -0.25) is 4.99 Å². The highest BCUT2D eigenvalue weighted by atomic mass is 15.1. The molecular formula is C20H16N2. The summed E-state index contributed by atoms with van der Waals surface area (Å²) in [6.07, 6.45) is 10.5. The number of hydrogen-bond acceptors (Lipinski definition) is 2. The van der Waals surface area contributed by atoms with Crippen LogP contribution >= 0.6 is 0 Å². The van der Waals surface area contributed by atoms with Gasteiger partial charge in [0.2, 0.25) is 0 Å². The number of aliphatic imine (C=N–C) groups is 1. The molecule has 0 amide bonds. The van der Waals surface area contributed by atoms with Crippen LogP contribution in [0.2, 0.25) is 0 Å². The van der Waals surface area contributed by atoms with Crippen molar-refractivity contribution in [2.75, 3.05) is 11.9 Å². The minimum atomic E-state index is 1.05. The first-order valence-corrected chi connectivity index (χ1v) is 7.39. The van der Waals surface area contributed by atoms with Crippen molar-refractivity contribution in [2.24, 2.45) is 4.99 Å². The van der Waals surface area contributed by atoms with E-state index in [1.807, 2.05) is 18.3 Å². The topological polar surface area (TPSA) is 15.6 Å². The van der Waals surface area contributed by atoms with Gasteiger partial charge >= 0.3 is 0 Å². The van der Waals surface area contributed by atoms with Gasteiger partial charge < -0.3 is 4.90 Å². The molecule has 106 valence electrons. The van der Waals surface area contributed by atoms with Gasteiger partial charge in [0.15, 0.2) is 0 Å². The summed E-state index contributed by atoms with van der Waals surface area (Å²) in [7, 11) is 2.10. The second kappa shape index (κ2) is 5.15. The molecule has 2 heteroatoms. The van der Waals surface area contributed by atoms with Crippen molar-refractivity contribution in [1.82, 2.24) is 0 Å². The number of allylic oxidation sites excluding steroid dienone is 4. The Morgan fingerprint density at radius 1 is 0.909 bits per heavy atom. The molecule has 0 N–H and O–H groups in total. The molecule has 0 spiro atoms. The Morgan fingerprint density at radius 3 is 2.68 bits per heavy atom. The van der Waals surface area contributed by atoms with Crippen LogP contribution in [0.25, 0.3) is 11.6 Å². The third-order valence-corrected chi connectivity index (χ3v) is 4.11. The molecular weight excluding hydrogens is 268 g/mol. The maximum atomic E-state index is 4.45. The molecule has 0 atom stereocenters. The van der Waals surface area contributed by atoms with E-state index in [1.165, 1.54) is 22.5 Å². The number of fused-ring (bicyclic) bond motifs is 2. The molecule has 2 aliphatic rings. The van der Waals surface area contributed by atoms with Gasteiger partial charge in [-0.15, -0.1) is 0 Å². The van der Waals surface area contributed by atoms with Gasteiger partial charge in [0.1, 0.15) is 0 Å². The summed E-state index contributed by atoms with van der Waals surface area (Å²) in [5.41, 5.74) is 7.05. The van der Waals surface area contributed by atoms with Crippen molar-refractivity contribution in [3.63, 3.8) is 0 Å². The van der Waals surface area contributed by atoms with Gasteiger partial charge in [-0.05, 0) is 29.8 Å². The lowest BCUT2D eigenvalue weighted by Crippen LogP contribution is -2.18. The molecule has 22 heavy (non-hydrogen) atoms. The molecule has 2 heterocycles. The quantitative estimate of drug-likeness (QED) is 0.732. The Bertz CT molecular complexity index is 854. The maximum Gasteiger partial charge on any atom is 0.0708 e. The number of benzene rings is 2. The van der Waals surface area contributed by atoms with E-state index in [0.29, 0.717) is 0 Å². The molecule has 2 aromatic rings. The summed E-state index contributed by atoms with van der Waals surface area (Å²) in [6, 6.07) is 16.7. The zero-order chi connectivity index (χ0) is 14.9. The first-order valence-electron chi connectivity index (χ1n) is 7.39. The minimum absolute atomic E-state index is 1.05. The van der Waals surface area contributed by atoms with Crippen LogP contribution in [-0.2, 0) is 0 Å². The monoisotopic (exact) mass is 284 g/mol. The van der Waals surface area contributed by atoms with Gasteiger partial charge in [0.25, 0.3) is 0 Å². The van der Waals surface area contributed by atoms with E-state index < -0.39 is 0 Å². The summed E-state index contributed by atoms with van der Waals surface area (Å²) in [5.74, 6) is 0. The Labute approximate surface area is 130 Å². The third-order valence-electron chi connectivity index (χ3n) is 4.11. The van der Waals surface area contributed by atoms with Crippen molar-refractivity contribution in [2.45, 2.75) is 0 Å². The van der Waals surface area contributed by atoms with E-state index in [4.69, 9.17) is 0 Å². The average molecular weight is 284 g/mol. The predicted octanol–water partition coefficient (Wildman–Crippen LogP) is 4.83. The lowest BCUT2D eigenvalue weighted by Gasteiger charge is -2.26. The standard InChI is InChI=1S/C20H16N2/c1-22-17(12-10-15-6-2-5-9-20(15)22)13-11-16-14-21-19-8-4-3-7-18(16)19/h2-14H,1H3/b16-11+,17-13-. The molecule has 0 aliphatic carbocycles. The van der Waals surface area contributed by atoms with E-state index in [1.54, 1.807) is 0 Å². The van der Waals surface area contributed by atoms with Gasteiger partial charge in [-0.2, -0.15) is 0 Å². The van der Waals surface area contributed by atoms with Crippen molar-refractivity contribution in [3.05, 3.63) is 83.6 Å². The second-order valence-electron chi connectivity index (χ2n) is 5.44. The normalized spacial score (nSPS) is 18.9. The molecule has 2 aromatic carbocycles. The summed E-state index contributed by atoms with van der Waals surface area (Å²) >= 11 is 0. The Morgan fingerprint density at radius 2 is 1.73 bits per heavy atom. The molecule has 0 unspecified atom stereocenters. The van der Waals surface area contributed by atoms with Crippen LogP contribution in [0.5, 0.6) is 0 Å².